The van der Waals surface area contributed by atoms with Gasteiger partial charge >= 0.3 is 0 Å². The molecule has 20 heavy (non-hydrogen) atoms. The molecule has 1 aromatic heterocycles. The number of pyridine rings is 1. The minimum atomic E-state index is -0.401. The third kappa shape index (κ3) is 2.95. The Morgan fingerprint density at radius 2 is 2.20 bits per heavy atom. The lowest BCUT2D eigenvalue weighted by atomic mass is 9.73. The van der Waals surface area contributed by atoms with E-state index in [1.165, 1.54) is 25.5 Å². The highest BCUT2D eigenvalue weighted by Gasteiger charge is 2.33. The number of aromatic nitrogens is 1. The summed E-state index contributed by atoms with van der Waals surface area (Å²) in [7, 11) is 0. The van der Waals surface area contributed by atoms with Gasteiger partial charge in [0.25, 0.3) is 5.69 Å². The van der Waals surface area contributed by atoms with Gasteiger partial charge in [-0.3, -0.25) is 10.1 Å². The topological polar surface area (TPSA) is 68.1 Å². The maximum absolute atomic E-state index is 10.9. The molecule has 5 nitrogen and oxygen atoms in total. The molecular formula is C14H20BrN3O2. The molecule has 0 spiro atoms. The van der Waals surface area contributed by atoms with Gasteiger partial charge in [-0.05, 0) is 41.1 Å². The minimum Gasteiger partial charge on any atom is -0.366 e. The molecule has 0 radical (unpaired) electrons. The molecule has 0 aliphatic heterocycles. The summed E-state index contributed by atoms with van der Waals surface area (Å²) in [5.41, 5.74) is 0.876. The van der Waals surface area contributed by atoms with Crippen LogP contribution < -0.4 is 5.32 Å². The van der Waals surface area contributed by atoms with Crippen LogP contribution in [0.15, 0.2) is 10.7 Å². The quantitative estimate of drug-likeness (QED) is 0.651. The Bertz CT molecular complexity index is 531. The van der Waals surface area contributed by atoms with Crippen molar-refractivity contribution in [3.8, 4) is 0 Å². The normalized spacial score (nSPS) is 21.5. The number of hydrogen-bond donors (Lipinski definition) is 1. The molecule has 0 aromatic carbocycles. The molecule has 1 atom stereocenters. The van der Waals surface area contributed by atoms with Crippen LogP contribution in [0.5, 0.6) is 0 Å². The molecular weight excluding hydrogens is 322 g/mol. The summed E-state index contributed by atoms with van der Waals surface area (Å²) in [6, 6.07) is 0.348. The van der Waals surface area contributed by atoms with E-state index in [4.69, 9.17) is 0 Å². The summed E-state index contributed by atoms with van der Waals surface area (Å²) in [5.74, 6) is 0.702. The number of nitro groups is 1. The van der Waals surface area contributed by atoms with Crippen molar-refractivity contribution in [3.63, 3.8) is 0 Å². The van der Waals surface area contributed by atoms with Crippen LogP contribution in [0.1, 0.15) is 45.1 Å². The van der Waals surface area contributed by atoms with Gasteiger partial charge in [0.1, 0.15) is 12.0 Å². The van der Waals surface area contributed by atoms with Crippen LogP contribution in [-0.2, 0) is 0 Å². The zero-order valence-corrected chi connectivity index (χ0v) is 13.7. The Morgan fingerprint density at radius 1 is 1.50 bits per heavy atom. The van der Waals surface area contributed by atoms with Crippen molar-refractivity contribution in [1.29, 1.82) is 0 Å². The summed E-state index contributed by atoms with van der Waals surface area (Å²) >= 11 is 3.43. The molecule has 0 saturated heterocycles. The van der Waals surface area contributed by atoms with Gasteiger partial charge < -0.3 is 5.32 Å². The first-order valence-electron chi connectivity index (χ1n) is 6.89. The third-order valence-corrected chi connectivity index (χ3v) is 5.22. The number of nitrogens with zero attached hydrogens (tertiary/aromatic N) is 2. The zero-order valence-electron chi connectivity index (χ0n) is 12.1. The van der Waals surface area contributed by atoms with E-state index >= 15 is 0 Å². The van der Waals surface area contributed by atoms with Crippen molar-refractivity contribution < 1.29 is 4.92 Å². The summed E-state index contributed by atoms with van der Waals surface area (Å²) < 4.78 is 0.688. The Balaban J connectivity index is 2.26. The highest BCUT2D eigenvalue weighted by molar-refractivity contribution is 9.10. The van der Waals surface area contributed by atoms with Gasteiger partial charge in [-0.25, -0.2) is 4.98 Å². The van der Waals surface area contributed by atoms with Gasteiger partial charge in [-0.2, -0.15) is 0 Å². The van der Waals surface area contributed by atoms with E-state index in [1.807, 2.05) is 0 Å². The molecule has 1 heterocycles. The number of anilines is 1. The van der Waals surface area contributed by atoms with Gasteiger partial charge in [-0.1, -0.05) is 26.7 Å². The maximum Gasteiger partial charge on any atom is 0.291 e. The lowest BCUT2D eigenvalue weighted by Crippen LogP contribution is -2.39. The lowest BCUT2D eigenvalue weighted by molar-refractivity contribution is -0.385. The predicted octanol–water partition coefficient (Wildman–Crippen LogP) is 4.44. The second kappa shape index (κ2) is 5.68. The lowest BCUT2D eigenvalue weighted by Gasteiger charge is -2.39. The van der Waals surface area contributed by atoms with E-state index in [2.05, 4.69) is 40.1 Å². The van der Waals surface area contributed by atoms with Crippen LogP contribution in [0.2, 0.25) is 0 Å². The fourth-order valence-electron chi connectivity index (χ4n) is 2.78. The number of hydrogen-bond acceptors (Lipinski definition) is 4. The van der Waals surface area contributed by atoms with E-state index in [0.717, 1.165) is 6.42 Å². The SMILES string of the molecule is Cc1c([N+](=O)[O-])cnc(NC2CCCCC2(C)C)c1Br. The largest absolute Gasteiger partial charge is 0.366 e. The summed E-state index contributed by atoms with van der Waals surface area (Å²) in [6.07, 6.45) is 6.10. The Labute approximate surface area is 127 Å². The smallest absolute Gasteiger partial charge is 0.291 e. The Kier molecular flexibility index (Phi) is 4.32. The molecule has 1 unspecified atom stereocenters. The number of nitrogens with one attached hydrogen (secondary N) is 1. The molecule has 1 aromatic rings. The second-order valence-corrected chi connectivity index (χ2v) is 6.91. The molecule has 0 bridgehead atoms. The van der Waals surface area contributed by atoms with E-state index in [0.29, 0.717) is 21.9 Å². The Hall–Kier alpha value is -1.17. The predicted molar refractivity (Wildman–Crippen MR) is 83.0 cm³/mol. The third-order valence-electron chi connectivity index (χ3n) is 4.25. The fourth-order valence-corrected chi connectivity index (χ4v) is 3.20. The van der Waals surface area contributed by atoms with E-state index in [-0.39, 0.29) is 11.1 Å². The molecule has 1 fully saturated rings. The number of rotatable bonds is 3. The molecule has 0 amide bonds. The van der Waals surface area contributed by atoms with Crippen LogP contribution in [0.3, 0.4) is 0 Å². The molecule has 1 aliphatic rings. The molecule has 110 valence electrons. The van der Waals surface area contributed by atoms with Crippen molar-refractivity contribution in [2.75, 3.05) is 5.32 Å². The van der Waals surface area contributed by atoms with Gasteiger partial charge in [0.2, 0.25) is 0 Å². The van der Waals surface area contributed by atoms with Crippen LogP contribution in [0.25, 0.3) is 0 Å². The first-order valence-corrected chi connectivity index (χ1v) is 7.68. The average Bonchev–Trinajstić information content (AvgIpc) is 2.36. The summed E-state index contributed by atoms with van der Waals surface area (Å²) in [5, 5.41) is 14.4. The average molecular weight is 342 g/mol. The van der Waals surface area contributed by atoms with Crippen molar-refractivity contribution in [1.82, 2.24) is 4.98 Å². The fraction of sp³-hybridized carbons (Fsp3) is 0.643. The number of halogens is 1. The molecule has 1 aliphatic carbocycles. The van der Waals surface area contributed by atoms with Crippen LogP contribution in [-0.4, -0.2) is 15.9 Å². The van der Waals surface area contributed by atoms with Crippen molar-refractivity contribution in [2.45, 2.75) is 52.5 Å². The molecule has 1 N–H and O–H groups in total. The van der Waals surface area contributed by atoms with Gasteiger partial charge in [0.15, 0.2) is 0 Å². The van der Waals surface area contributed by atoms with Crippen LogP contribution in [0, 0.1) is 22.5 Å². The standard InChI is InChI=1S/C14H20BrN3O2/c1-9-10(18(19)20)8-16-13(12(9)15)17-11-6-4-5-7-14(11,2)3/h8,11H,4-7H2,1-3H3,(H,16,17). The van der Waals surface area contributed by atoms with Crippen LogP contribution >= 0.6 is 15.9 Å². The first-order chi connectivity index (χ1) is 9.33. The van der Waals surface area contributed by atoms with Crippen molar-refractivity contribution in [2.24, 2.45) is 5.41 Å². The van der Waals surface area contributed by atoms with E-state index in [1.54, 1.807) is 6.92 Å². The van der Waals surface area contributed by atoms with Gasteiger partial charge in [0, 0.05) is 11.6 Å². The minimum absolute atomic E-state index is 0.0466. The second-order valence-electron chi connectivity index (χ2n) is 6.12. The van der Waals surface area contributed by atoms with Gasteiger partial charge in [0.05, 0.1) is 9.40 Å². The molecule has 6 heteroatoms. The highest BCUT2D eigenvalue weighted by Crippen LogP contribution is 2.39. The monoisotopic (exact) mass is 341 g/mol. The Morgan fingerprint density at radius 3 is 2.80 bits per heavy atom. The van der Waals surface area contributed by atoms with E-state index in [9.17, 15) is 10.1 Å². The maximum atomic E-state index is 10.9. The summed E-state index contributed by atoms with van der Waals surface area (Å²) in [4.78, 5) is 14.7. The molecule has 2 rings (SSSR count). The van der Waals surface area contributed by atoms with Crippen molar-refractivity contribution in [3.05, 3.63) is 26.3 Å². The molecule has 1 saturated carbocycles. The highest BCUT2D eigenvalue weighted by atomic mass is 79.9. The summed E-state index contributed by atoms with van der Waals surface area (Å²) in [6.45, 7) is 6.26. The zero-order chi connectivity index (χ0) is 14.9. The van der Waals surface area contributed by atoms with Crippen molar-refractivity contribution >= 4 is 27.4 Å². The van der Waals surface area contributed by atoms with E-state index < -0.39 is 4.92 Å². The van der Waals surface area contributed by atoms with Gasteiger partial charge in [-0.15, -0.1) is 0 Å². The van der Waals surface area contributed by atoms with Crippen LogP contribution in [0.4, 0.5) is 11.5 Å². The first kappa shape index (κ1) is 15.2.